The molecule has 0 spiro atoms. The van der Waals surface area contributed by atoms with Gasteiger partial charge in [0.2, 0.25) is 0 Å². The SMILES string of the molecule is CN(CCn1cc(-c2cnc(Nc3cc(N)nc(C(F)F)n3)cc2OC2COC2)cn1)C(=O)O. The standard InChI is InChI=1S/C20H22F2N8O4/c1-29(20(31)32)2-3-30-8-11(6-25-30)13-7-24-16(4-14(13)34-12-9-33-10-12)27-17-5-15(23)26-19(28-17)18(21)22/h4-8,12,18H,2-3,9-10H2,1H3,(H,31,32)(H3,23,24,26,27,28). The van der Waals surface area contributed by atoms with E-state index in [1.54, 1.807) is 29.3 Å². The predicted molar refractivity (Wildman–Crippen MR) is 116 cm³/mol. The first-order valence-corrected chi connectivity index (χ1v) is 10.2. The quantitative estimate of drug-likeness (QED) is 0.419. The van der Waals surface area contributed by atoms with E-state index in [1.165, 1.54) is 13.1 Å². The second kappa shape index (κ2) is 9.82. The van der Waals surface area contributed by atoms with Crippen molar-refractivity contribution in [2.45, 2.75) is 19.1 Å². The Kier molecular flexibility index (Phi) is 6.67. The maximum absolute atomic E-state index is 13.0. The summed E-state index contributed by atoms with van der Waals surface area (Å²) in [5.41, 5.74) is 6.96. The molecule has 1 amide bonds. The van der Waals surface area contributed by atoms with E-state index in [1.807, 2.05) is 0 Å². The highest BCUT2D eigenvalue weighted by Gasteiger charge is 2.23. The van der Waals surface area contributed by atoms with Crippen LogP contribution in [0.4, 0.5) is 31.0 Å². The molecule has 4 heterocycles. The number of nitrogens with zero attached hydrogens (tertiary/aromatic N) is 6. The Morgan fingerprint density at radius 1 is 1.35 bits per heavy atom. The molecule has 4 N–H and O–H groups in total. The van der Waals surface area contributed by atoms with Gasteiger partial charge >= 0.3 is 6.09 Å². The molecule has 0 radical (unpaired) electrons. The van der Waals surface area contributed by atoms with Gasteiger partial charge in [0.05, 0.1) is 26.0 Å². The highest BCUT2D eigenvalue weighted by atomic mass is 19.3. The summed E-state index contributed by atoms with van der Waals surface area (Å²) in [7, 11) is 1.48. The lowest BCUT2D eigenvalue weighted by molar-refractivity contribution is -0.0794. The third-order valence-corrected chi connectivity index (χ3v) is 4.92. The number of nitrogen functional groups attached to an aromatic ring is 1. The molecule has 0 unspecified atom stereocenters. The van der Waals surface area contributed by atoms with Gasteiger partial charge in [0.25, 0.3) is 6.43 Å². The van der Waals surface area contributed by atoms with Gasteiger partial charge in [-0.05, 0) is 0 Å². The average Bonchev–Trinajstić information content (AvgIpc) is 3.23. The number of nitrogens with two attached hydrogens (primary N) is 1. The van der Waals surface area contributed by atoms with Gasteiger partial charge in [-0.1, -0.05) is 0 Å². The highest BCUT2D eigenvalue weighted by Crippen LogP contribution is 2.33. The first-order valence-electron chi connectivity index (χ1n) is 10.2. The van der Waals surface area contributed by atoms with Crippen LogP contribution in [-0.4, -0.2) is 73.7 Å². The zero-order chi connectivity index (χ0) is 24.2. The van der Waals surface area contributed by atoms with Crippen LogP contribution in [0.15, 0.2) is 30.7 Å². The van der Waals surface area contributed by atoms with Gasteiger partial charge in [0.1, 0.15) is 29.3 Å². The van der Waals surface area contributed by atoms with Gasteiger partial charge in [0, 0.05) is 49.2 Å². The van der Waals surface area contributed by atoms with Crippen LogP contribution in [0.5, 0.6) is 5.75 Å². The van der Waals surface area contributed by atoms with E-state index in [9.17, 15) is 13.6 Å². The molecule has 0 atom stereocenters. The van der Waals surface area contributed by atoms with Gasteiger partial charge in [0.15, 0.2) is 5.82 Å². The first-order chi connectivity index (χ1) is 16.3. The molecular formula is C20H22F2N8O4. The fraction of sp³-hybridized carbons (Fsp3) is 0.350. The third kappa shape index (κ3) is 5.46. The molecule has 34 heavy (non-hydrogen) atoms. The number of halogens is 2. The molecule has 0 saturated carbocycles. The minimum Gasteiger partial charge on any atom is -0.485 e. The van der Waals surface area contributed by atoms with Gasteiger partial charge in [-0.25, -0.2) is 28.5 Å². The molecule has 4 rings (SSSR count). The van der Waals surface area contributed by atoms with Gasteiger partial charge in [-0.2, -0.15) is 5.10 Å². The minimum absolute atomic E-state index is 0.0661. The Balaban J connectivity index is 1.57. The maximum atomic E-state index is 13.0. The van der Waals surface area contributed by atoms with Crippen LogP contribution in [0, 0.1) is 0 Å². The lowest BCUT2D eigenvalue weighted by Gasteiger charge is -2.27. The Morgan fingerprint density at radius 2 is 2.15 bits per heavy atom. The van der Waals surface area contributed by atoms with Gasteiger partial charge in [-0.15, -0.1) is 0 Å². The van der Waals surface area contributed by atoms with Gasteiger partial charge < -0.3 is 30.5 Å². The van der Waals surface area contributed by atoms with E-state index >= 15 is 0 Å². The number of hydrogen-bond donors (Lipinski definition) is 3. The van der Waals surface area contributed by atoms with Crippen molar-refractivity contribution in [3.63, 3.8) is 0 Å². The third-order valence-electron chi connectivity index (χ3n) is 4.92. The molecule has 1 fully saturated rings. The molecule has 0 aliphatic carbocycles. The normalized spacial score (nSPS) is 13.5. The largest absolute Gasteiger partial charge is 0.485 e. The molecule has 0 bridgehead atoms. The second-order valence-electron chi connectivity index (χ2n) is 7.50. The van der Waals surface area contributed by atoms with E-state index in [4.69, 9.17) is 20.3 Å². The topological polar surface area (TPSA) is 154 Å². The molecule has 12 nitrogen and oxygen atoms in total. The molecule has 0 aromatic carbocycles. The number of amides is 1. The number of rotatable bonds is 9. The van der Waals surface area contributed by atoms with E-state index in [2.05, 4.69) is 25.4 Å². The second-order valence-corrected chi connectivity index (χ2v) is 7.50. The van der Waals surface area contributed by atoms with Crippen molar-refractivity contribution in [1.29, 1.82) is 0 Å². The van der Waals surface area contributed by atoms with Crippen molar-refractivity contribution >= 4 is 23.5 Å². The van der Waals surface area contributed by atoms with Crippen LogP contribution in [0.2, 0.25) is 0 Å². The molecule has 14 heteroatoms. The smallest absolute Gasteiger partial charge is 0.407 e. The molecule has 1 aliphatic rings. The van der Waals surface area contributed by atoms with Crippen LogP contribution in [0.25, 0.3) is 11.1 Å². The number of carbonyl (C=O) groups is 1. The maximum Gasteiger partial charge on any atom is 0.407 e. The van der Waals surface area contributed by atoms with Crippen LogP contribution >= 0.6 is 0 Å². The van der Waals surface area contributed by atoms with Crippen molar-refractivity contribution in [3.05, 3.63) is 36.5 Å². The predicted octanol–water partition coefficient (Wildman–Crippen LogP) is 2.39. The summed E-state index contributed by atoms with van der Waals surface area (Å²) in [6.45, 7) is 1.50. The Labute approximate surface area is 192 Å². The van der Waals surface area contributed by atoms with Crippen molar-refractivity contribution < 1.29 is 28.2 Å². The van der Waals surface area contributed by atoms with Crippen molar-refractivity contribution in [3.8, 4) is 16.9 Å². The summed E-state index contributed by atoms with van der Waals surface area (Å²) in [6, 6.07) is 2.93. The molecule has 3 aromatic rings. The minimum atomic E-state index is -2.87. The van der Waals surface area contributed by atoms with Crippen molar-refractivity contribution in [2.24, 2.45) is 0 Å². The monoisotopic (exact) mass is 476 g/mol. The number of ether oxygens (including phenoxy) is 2. The number of likely N-dealkylation sites (N-methyl/N-ethyl adjacent to an activating group) is 1. The van der Waals surface area contributed by atoms with E-state index in [0.717, 1.165) is 4.90 Å². The molecule has 1 aliphatic heterocycles. The van der Waals surface area contributed by atoms with Crippen LogP contribution in [0.1, 0.15) is 12.2 Å². The zero-order valence-electron chi connectivity index (χ0n) is 18.1. The number of anilines is 3. The average molecular weight is 476 g/mol. The number of aromatic nitrogens is 5. The lowest BCUT2D eigenvalue weighted by atomic mass is 10.1. The van der Waals surface area contributed by atoms with Gasteiger partial charge in [-0.3, -0.25) is 4.68 Å². The highest BCUT2D eigenvalue weighted by molar-refractivity contribution is 5.71. The number of carboxylic acid groups (broad SMARTS) is 1. The van der Waals surface area contributed by atoms with Crippen molar-refractivity contribution in [1.82, 2.24) is 29.6 Å². The summed E-state index contributed by atoms with van der Waals surface area (Å²) in [4.78, 5) is 23.7. The summed E-state index contributed by atoms with van der Waals surface area (Å²) in [5, 5.41) is 16.1. The molecular weight excluding hydrogens is 454 g/mol. The summed E-state index contributed by atoms with van der Waals surface area (Å²) in [5.74, 6) is 0.0462. The van der Waals surface area contributed by atoms with Crippen LogP contribution in [0.3, 0.4) is 0 Å². The lowest BCUT2D eigenvalue weighted by Crippen LogP contribution is -2.38. The van der Waals surface area contributed by atoms with Crippen LogP contribution < -0.4 is 15.8 Å². The molecule has 3 aromatic heterocycles. The summed E-state index contributed by atoms with van der Waals surface area (Å²) >= 11 is 0. The van der Waals surface area contributed by atoms with E-state index in [-0.39, 0.29) is 24.3 Å². The first kappa shape index (κ1) is 23.1. The number of hydrogen-bond acceptors (Lipinski definition) is 9. The number of alkyl halides is 2. The zero-order valence-corrected chi connectivity index (χ0v) is 18.1. The molecule has 180 valence electrons. The summed E-state index contributed by atoms with van der Waals surface area (Å²) in [6.07, 6.45) is 0.890. The summed E-state index contributed by atoms with van der Waals surface area (Å²) < 4.78 is 38.8. The van der Waals surface area contributed by atoms with Crippen LogP contribution in [-0.2, 0) is 11.3 Å². The molecule has 1 saturated heterocycles. The Bertz CT molecular complexity index is 1170. The fourth-order valence-electron chi connectivity index (χ4n) is 3.03. The van der Waals surface area contributed by atoms with E-state index < -0.39 is 18.3 Å². The van der Waals surface area contributed by atoms with Crippen molar-refractivity contribution in [2.75, 3.05) is 37.9 Å². The number of nitrogens with one attached hydrogen (secondary N) is 1. The fourth-order valence-corrected chi connectivity index (χ4v) is 3.03. The van der Waals surface area contributed by atoms with E-state index in [0.29, 0.717) is 42.5 Å². The number of pyridine rings is 1. The Hall–Kier alpha value is -4.07. The Morgan fingerprint density at radius 3 is 2.82 bits per heavy atom.